The molecule has 0 bridgehead atoms. The van der Waals surface area contributed by atoms with Crippen LogP contribution in [0.1, 0.15) is 6.92 Å². The maximum absolute atomic E-state index is 10.0. The molecule has 0 unspecified atom stereocenters. The molecule has 0 saturated heterocycles. The van der Waals surface area contributed by atoms with E-state index in [1.54, 1.807) is 6.08 Å². The Bertz CT molecular complexity index is 279. The molecule has 0 heterocycles. The first-order chi connectivity index (χ1) is 6.11. The number of rotatable bonds is 1. The summed E-state index contributed by atoms with van der Waals surface area (Å²) in [6.45, 7) is 5.25. The van der Waals surface area contributed by atoms with Crippen LogP contribution in [0, 0.1) is 10.1 Å². The van der Waals surface area contributed by atoms with Crippen molar-refractivity contribution < 1.29 is 10.0 Å². The van der Waals surface area contributed by atoms with Crippen LogP contribution in [-0.4, -0.2) is 10.0 Å². The van der Waals surface area contributed by atoms with E-state index < -0.39 is 4.92 Å². The van der Waals surface area contributed by atoms with E-state index in [2.05, 4.69) is 6.58 Å². The molecular formula is C9H11NO3. The minimum Gasteiger partial charge on any atom is -0.508 e. The number of hydrogen-bond acceptors (Lipinski definition) is 3. The number of phenolic OH excluding ortho intramolecular Hbond substituents is 1. The predicted molar refractivity (Wildman–Crippen MR) is 50.6 cm³/mol. The fourth-order valence-corrected chi connectivity index (χ4v) is 0.574. The normalized spacial score (nSPS) is 8.08. The number of aromatic hydroxyl groups is 1. The van der Waals surface area contributed by atoms with Crippen molar-refractivity contribution in [3.05, 3.63) is 47.0 Å². The van der Waals surface area contributed by atoms with E-state index in [4.69, 9.17) is 5.11 Å². The summed E-state index contributed by atoms with van der Waals surface area (Å²) in [4.78, 5) is 9.52. The second-order valence-corrected chi connectivity index (χ2v) is 2.18. The number of hydrogen-bond donors (Lipinski definition) is 1. The lowest BCUT2D eigenvalue weighted by molar-refractivity contribution is -0.384. The summed E-state index contributed by atoms with van der Waals surface area (Å²) in [6.07, 6.45) is 1.75. The average Bonchev–Trinajstić information content (AvgIpc) is 2.06. The summed E-state index contributed by atoms with van der Waals surface area (Å²) in [7, 11) is 0. The molecule has 0 fully saturated rings. The first-order valence-corrected chi connectivity index (χ1v) is 3.62. The van der Waals surface area contributed by atoms with Gasteiger partial charge in [0.2, 0.25) is 0 Å². The zero-order chi connectivity index (χ0) is 10.3. The quantitative estimate of drug-likeness (QED) is 0.411. The standard InChI is InChI=1S/C6H5NO3.C3H6/c8-6-3-1-5(2-4-6)7(9)10;1-3-2/h1-4,8H;3H,1H2,2H3. The maximum Gasteiger partial charge on any atom is 0.269 e. The van der Waals surface area contributed by atoms with Crippen molar-refractivity contribution in [3.8, 4) is 5.75 Å². The molecule has 4 heteroatoms. The van der Waals surface area contributed by atoms with E-state index in [9.17, 15) is 10.1 Å². The van der Waals surface area contributed by atoms with Crippen LogP contribution < -0.4 is 0 Å². The number of benzene rings is 1. The van der Waals surface area contributed by atoms with Gasteiger partial charge in [0.25, 0.3) is 5.69 Å². The molecule has 1 rings (SSSR count). The molecular weight excluding hydrogens is 170 g/mol. The van der Waals surface area contributed by atoms with Gasteiger partial charge < -0.3 is 5.11 Å². The molecule has 0 aliphatic carbocycles. The molecule has 0 radical (unpaired) electrons. The van der Waals surface area contributed by atoms with Gasteiger partial charge in [0.15, 0.2) is 0 Å². The van der Waals surface area contributed by atoms with Crippen molar-refractivity contribution in [3.63, 3.8) is 0 Å². The first kappa shape index (κ1) is 11.2. The van der Waals surface area contributed by atoms with Crippen LogP contribution >= 0.6 is 0 Å². The van der Waals surface area contributed by atoms with Crippen LogP contribution in [0.4, 0.5) is 5.69 Å². The smallest absolute Gasteiger partial charge is 0.269 e. The third-order valence-electron chi connectivity index (χ3n) is 1.06. The van der Waals surface area contributed by atoms with Gasteiger partial charge in [-0.05, 0) is 19.1 Å². The van der Waals surface area contributed by atoms with E-state index in [1.165, 1.54) is 24.3 Å². The first-order valence-electron chi connectivity index (χ1n) is 3.62. The zero-order valence-electron chi connectivity index (χ0n) is 7.30. The molecule has 70 valence electrons. The van der Waals surface area contributed by atoms with E-state index in [0.29, 0.717) is 0 Å². The summed E-state index contributed by atoms with van der Waals surface area (Å²) >= 11 is 0. The van der Waals surface area contributed by atoms with Crippen molar-refractivity contribution in [2.24, 2.45) is 0 Å². The van der Waals surface area contributed by atoms with Gasteiger partial charge in [0, 0.05) is 12.1 Å². The van der Waals surface area contributed by atoms with E-state index >= 15 is 0 Å². The Balaban J connectivity index is 0.000000424. The summed E-state index contributed by atoms with van der Waals surface area (Å²) < 4.78 is 0. The van der Waals surface area contributed by atoms with Crippen molar-refractivity contribution in [1.82, 2.24) is 0 Å². The molecule has 1 aromatic carbocycles. The van der Waals surface area contributed by atoms with Gasteiger partial charge in [-0.15, -0.1) is 6.58 Å². The minimum atomic E-state index is -0.514. The van der Waals surface area contributed by atoms with Gasteiger partial charge in [0.05, 0.1) is 4.92 Å². The monoisotopic (exact) mass is 181 g/mol. The van der Waals surface area contributed by atoms with Crippen LogP contribution in [0.15, 0.2) is 36.9 Å². The van der Waals surface area contributed by atoms with Crippen LogP contribution in [-0.2, 0) is 0 Å². The second-order valence-electron chi connectivity index (χ2n) is 2.18. The van der Waals surface area contributed by atoms with Crippen LogP contribution in [0.5, 0.6) is 5.75 Å². The Morgan fingerprint density at radius 1 is 1.46 bits per heavy atom. The number of nitro benzene ring substituents is 1. The average molecular weight is 181 g/mol. The Morgan fingerprint density at radius 2 is 1.85 bits per heavy atom. The molecule has 13 heavy (non-hydrogen) atoms. The topological polar surface area (TPSA) is 63.4 Å². The van der Waals surface area contributed by atoms with Crippen LogP contribution in [0.3, 0.4) is 0 Å². The zero-order valence-corrected chi connectivity index (χ0v) is 7.30. The molecule has 0 aliphatic heterocycles. The highest BCUT2D eigenvalue weighted by Gasteiger charge is 2.01. The predicted octanol–water partition coefficient (Wildman–Crippen LogP) is 2.49. The van der Waals surface area contributed by atoms with Gasteiger partial charge in [0.1, 0.15) is 5.75 Å². The lowest BCUT2D eigenvalue weighted by Crippen LogP contribution is -1.85. The molecule has 0 amide bonds. The van der Waals surface area contributed by atoms with Gasteiger partial charge in [-0.2, -0.15) is 0 Å². The number of nitrogens with zero attached hydrogens (tertiary/aromatic N) is 1. The largest absolute Gasteiger partial charge is 0.508 e. The Hall–Kier alpha value is -1.84. The Kier molecular flexibility index (Phi) is 4.95. The molecule has 0 aromatic heterocycles. The van der Waals surface area contributed by atoms with Crippen molar-refractivity contribution in [2.75, 3.05) is 0 Å². The van der Waals surface area contributed by atoms with Crippen LogP contribution in [0.2, 0.25) is 0 Å². The molecule has 0 saturated carbocycles. The summed E-state index contributed by atoms with van der Waals surface area (Å²) in [6, 6.07) is 5.04. The fraction of sp³-hybridized carbons (Fsp3) is 0.111. The van der Waals surface area contributed by atoms with Crippen LogP contribution in [0.25, 0.3) is 0 Å². The highest BCUT2D eigenvalue weighted by molar-refractivity contribution is 5.34. The third-order valence-corrected chi connectivity index (χ3v) is 1.06. The van der Waals surface area contributed by atoms with E-state index in [0.717, 1.165) is 0 Å². The third kappa shape index (κ3) is 4.58. The summed E-state index contributed by atoms with van der Waals surface area (Å²) in [5.74, 6) is 0.0330. The van der Waals surface area contributed by atoms with Gasteiger partial charge in [-0.25, -0.2) is 0 Å². The SMILES string of the molecule is C=CC.O=[N+]([O-])c1ccc(O)cc1. The maximum atomic E-state index is 10.0. The highest BCUT2D eigenvalue weighted by Crippen LogP contribution is 2.14. The van der Waals surface area contributed by atoms with Crippen molar-refractivity contribution >= 4 is 5.69 Å². The lowest BCUT2D eigenvalue weighted by atomic mass is 10.3. The van der Waals surface area contributed by atoms with Gasteiger partial charge >= 0.3 is 0 Å². The molecule has 4 nitrogen and oxygen atoms in total. The minimum absolute atomic E-state index is 0.0159. The molecule has 0 atom stereocenters. The van der Waals surface area contributed by atoms with E-state index in [1.807, 2.05) is 6.92 Å². The Morgan fingerprint density at radius 3 is 2.15 bits per heavy atom. The number of non-ortho nitro benzene ring substituents is 1. The van der Waals surface area contributed by atoms with Crippen molar-refractivity contribution in [1.29, 1.82) is 0 Å². The molecule has 0 spiro atoms. The summed E-state index contributed by atoms with van der Waals surface area (Å²) in [5.41, 5.74) is -0.0159. The van der Waals surface area contributed by atoms with Gasteiger partial charge in [-0.1, -0.05) is 6.08 Å². The lowest BCUT2D eigenvalue weighted by Gasteiger charge is -1.89. The van der Waals surface area contributed by atoms with Crippen molar-refractivity contribution in [2.45, 2.75) is 6.92 Å². The number of allylic oxidation sites excluding steroid dienone is 1. The Labute approximate surface area is 76.3 Å². The number of phenols is 1. The van der Waals surface area contributed by atoms with E-state index in [-0.39, 0.29) is 11.4 Å². The number of nitro groups is 1. The molecule has 1 N–H and O–H groups in total. The second kappa shape index (κ2) is 5.77. The summed E-state index contributed by atoms with van der Waals surface area (Å²) in [5, 5.41) is 18.8. The molecule has 0 aliphatic rings. The highest BCUT2D eigenvalue weighted by atomic mass is 16.6. The molecule has 1 aromatic rings. The van der Waals surface area contributed by atoms with Gasteiger partial charge in [-0.3, -0.25) is 10.1 Å². The fourth-order valence-electron chi connectivity index (χ4n) is 0.574.